The number of amides is 1. The number of rotatable bonds is 3. The summed E-state index contributed by atoms with van der Waals surface area (Å²) < 4.78 is 5.44. The lowest BCUT2D eigenvalue weighted by Gasteiger charge is -2.14. The number of fused-ring (bicyclic) bond motifs is 3. The number of ether oxygens (including phenoxy) is 1. The minimum absolute atomic E-state index is 0.0132. The maximum atomic E-state index is 12.1. The predicted molar refractivity (Wildman–Crippen MR) is 110 cm³/mol. The van der Waals surface area contributed by atoms with Crippen LogP contribution < -0.4 is 5.32 Å². The fourth-order valence-electron chi connectivity index (χ4n) is 3.51. The Morgan fingerprint density at radius 3 is 2.24 bits per heavy atom. The normalized spacial score (nSPS) is 11.7. The van der Waals surface area contributed by atoms with Gasteiger partial charge in [0.1, 0.15) is 6.61 Å². The lowest BCUT2D eigenvalue weighted by atomic mass is 9.98. The molecule has 0 unspecified atom stereocenters. The van der Waals surface area contributed by atoms with Crippen molar-refractivity contribution in [3.05, 3.63) is 83.4 Å². The number of phenols is 2. The molecule has 0 fully saturated rings. The predicted octanol–water partition coefficient (Wildman–Crippen LogP) is 3.99. The van der Waals surface area contributed by atoms with E-state index in [4.69, 9.17) is 4.74 Å². The molecule has 144 valence electrons. The number of alkyl carbamates (subject to hydrolysis) is 1. The summed E-state index contributed by atoms with van der Waals surface area (Å²) in [5.41, 5.74) is 5.22. The topological polar surface area (TPSA) is 78.8 Å². The Bertz CT molecular complexity index is 1080. The summed E-state index contributed by atoms with van der Waals surface area (Å²) >= 11 is 0. The highest BCUT2D eigenvalue weighted by Crippen LogP contribution is 2.44. The van der Waals surface area contributed by atoms with E-state index in [1.54, 1.807) is 6.07 Å². The molecule has 0 bridgehead atoms. The molecule has 0 heterocycles. The Morgan fingerprint density at radius 2 is 1.59 bits per heavy atom. The third kappa shape index (κ3) is 3.87. The molecule has 1 aliphatic carbocycles. The molecule has 1 aliphatic rings. The molecule has 0 saturated heterocycles. The van der Waals surface area contributed by atoms with Gasteiger partial charge in [-0.05, 0) is 40.5 Å². The lowest BCUT2D eigenvalue weighted by Crippen LogP contribution is -2.26. The quantitative estimate of drug-likeness (QED) is 0.471. The number of nitrogens with one attached hydrogen (secondary N) is 1. The first-order valence-corrected chi connectivity index (χ1v) is 9.23. The average Bonchev–Trinajstić information content (AvgIpc) is 3.06. The van der Waals surface area contributed by atoms with E-state index in [0.717, 1.165) is 11.1 Å². The molecule has 3 aromatic carbocycles. The van der Waals surface area contributed by atoms with Crippen LogP contribution in [0.15, 0.2) is 66.7 Å². The maximum absolute atomic E-state index is 12.1. The van der Waals surface area contributed by atoms with Crippen LogP contribution >= 0.6 is 0 Å². The number of aromatic hydroxyl groups is 2. The molecular formula is C24H19NO4. The van der Waals surface area contributed by atoms with E-state index in [0.29, 0.717) is 5.56 Å². The second kappa shape index (κ2) is 7.99. The third-order valence-corrected chi connectivity index (χ3v) is 4.87. The molecule has 3 N–H and O–H groups in total. The molecule has 0 spiro atoms. The van der Waals surface area contributed by atoms with E-state index in [1.165, 1.54) is 23.3 Å². The zero-order chi connectivity index (χ0) is 20.2. The van der Waals surface area contributed by atoms with Crippen molar-refractivity contribution >= 4 is 6.09 Å². The number of hydrogen-bond acceptors (Lipinski definition) is 4. The van der Waals surface area contributed by atoms with Gasteiger partial charge in [0, 0.05) is 11.5 Å². The number of phenolic OH excluding ortho intramolecular Hbond substituents is 2. The van der Waals surface area contributed by atoms with Crippen LogP contribution in [-0.4, -0.2) is 29.5 Å². The standard InChI is InChI=1S/C24H19NO4/c26-22-12-11-16(14-23(22)27)6-5-13-25-24(28)29-15-21-19-9-3-1-7-17(19)18-8-2-4-10-20(18)21/h1-4,7-12,14,21,26-27H,13,15H2,(H,25,28). The molecular weight excluding hydrogens is 366 g/mol. The van der Waals surface area contributed by atoms with Gasteiger partial charge in [-0.15, -0.1) is 0 Å². The first-order valence-electron chi connectivity index (χ1n) is 9.23. The molecule has 4 rings (SSSR count). The van der Waals surface area contributed by atoms with Crippen molar-refractivity contribution in [2.24, 2.45) is 0 Å². The van der Waals surface area contributed by atoms with Crippen LogP contribution in [0.4, 0.5) is 4.79 Å². The Morgan fingerprint density at radius 1 is 0.931 bits per heavy atom. The molecule has 5 nitrogen and oxygen atoms in total. The third-order valence-electron chi connectivity index (χ3n) is 4.87. The van der Waals surface area contributed by atoms with Gasteiger partial charge in [-0.1, -0.05) is 60.4 Å². The van der Waals surface area contributed by atoms with E-state index >= 15 is 0 Å². The van der Waals surface area contributed by atoms with Crippen LogP contribution in [0.25, 0.3) is 11.1 Å². The molecule has 29 heavy (non-hydrogen) atoms. The highest BCUT2D eigenvalue weighted by molar-refractivity contribution is 5.79. The molecule has 1 amide bonds. The van der Waals surface area contributed by atoms with Gasteiger partial charge in [0.2, 0.25) is 0 Å². The average molecular weight is 385 g/mol. The van der Waals surface area contributed by atoms with Gasteiger partial charge in [-0.2, -0.15) is 0 Å². The lowest BCUT2D eigenvalue weighted by molar-refractivity contribution is 0.144. The highest BCUT2D eigenvalue weighted by Gasteiger charge is 2.28. The van der Waals surface area contributed by atoms with Crippen LogP contribution in [0.1, 0.15) is 22.6 Å². The summed E-state index contributed by atoms with van der Waals surface area (Å²) in [6, 6.07) is 20.6. The van der Waals surface area contributed by atoms with Gasteiger partial charge < -0.3 is 20.3 Å². The summed E-state index contributed by atoms with van der Waals surface area (Å²) in [5.74, 6) is 5.16. The van der Waals surface area contributed by atoms with Crippen molar-refractivity contribution in [3.8, 4) is 34.5 Å². The van der Waals surface area contributed by atoms with Crippen LogP contribution in [0.2, 0.25) is 0 Å². The van der Waals surface area contributed by atoms with E-state index < -0.39 is 6.09 Å². The Kier molecular flexibility index (Phi) is 5.08. The SMILES string of the molecule is O=C(NCC#Cc1ccc(O)c(O)c1)OCC1c2ccccc2-c2ccccc21. The smallest absolute Gasteiger partial charge is 0.407 e. The van der Waals surface area contributed by atoms with Crippen molar-refractivity contribution in [1.82, 2.24) is 5.32 Å². The van der Waals surface area contributed by atoms with Crippen LogP contribution in [-0.2, 0) is 4.74 Å². The number of hydrogen-bond donors (Lipinski definition) is 3. The molecule has 0 radical (unpaired) electrons. The molecule has 5 heteroatoms. The molecule has 0 aromatic heterocycles. The Labute approximate surface area is 168 Å². The summed E-state index contributed by atoms with van der Waals surface area (Å²) in [4.78, 5) is 12.1. The fraction of sp³-hybridized carbons (Fsp3) is 0.125. The zero-order valence-electron chi connectivity index (χ0n) is 15.6. The second-order valence-corrected chi connectivity index (χ2v) is 6.68. The minimum atomic E-state index is -0.533. The van der Waals surface area contributed by atoms with Gasteiger partial charge >= 0.3 is 6.09 Å². The number of carbonyl (C=O) groups excluding carboxylic acids is 1. The number of carbonyl (C=O) groups is 1. The fourth-order valence-corrected chi connectivity index (χ4v) is 3.51. The van der Waals surface area contributed by atoms with Crippen molar-refractivity contribution in [3.63, 3.8) is 0 Å². The largest absolute Gasteiger partial charge is 0.504 e. The first kappa shape index (κ1) is 18.5. The van der Waals surface area contributed by atoms with E-state index in [9.17, 15) is 15.0 Å². The molecule has 0 aliphatic heterocycles. The minimum Gasteiger partial charge on any atom is -0.504 e. The summed E-state index contributed by atoms with van der Waals surface area (Å²) in [7, 11) is 0. The van der Waals surface area contributed by atoms with Crippen LogP contribution in [0, 0.1) is 11.8 Å². The van der Waals surface area contributed by atoms with Crippen molar-refractivity contribution in [1.29, 1.82) is 0 Å². The van der Waals surface area contributed by atoms with E-state index in [2.05, 4.69) is 41.4 Å². The summed E-state index contributed by atoms with van der Waals surface area (Å²) in [6.07, 6.45) is -0.533. The van der Waals surface area contributed by atoms with Crippen LogP contribution in [0.3, 0.4) is 0 Å². The summed E-state index contributed by atoms with van der Waals surface area (Å²) in [5, 5.41) is 21.3. The molecule has 0 atom stereocenters. The second-order valence-electron chi connectivity index (χ2n) is 6.68. The van der Waals surface area contributed by atoms with Crippen molar-refractivity contribution in [2.45, 2.75) is 5.92 Å². The maximum Gasteiger partial charge on any atom is 0.407 e. The Hall–Kier alpha value is -3.91. The van der Waals surface area contributed by atoms with E-state index in [-0.39, 0.29) is 30.6 Å². The molecule has 0 saturated carbocycles. The highest BCUT2D eigenvalue weighted by atomic mass is 16.5. The van der Waals surface area contributed by atoms with Crippen molar-refractivity contribution < 1.29 is 19.7 Å². The van der Waals surface area contributed by atoms with Gasteiger partial charge in [-0.3, -0.25) is 0 Å². The van der Waals surface area contributed by atoms with Gasteiger partial charge in [0.15, 0.2) is 11.5 Å². The number of benzene rings is 3. The zero-order valence-corrected chi connectivity index (χ0v) is 15.6. The summed E-state index contributed by atoms with van der Waals surface area (Å²) in [6.45, 7) is 0.359. The monoisotopic (exact) mass is 385 g/mol. The van der Waals surface area contributed by atoms with Gasteiger partial charge in [-0.25, -0.2) is 4.79 Å². The van der Waals surface area contributed by atoms with E-state index in [1.807, 2.05) is 24.3 Å². The first-order chi connectivity index (χ1) is 14.1. The van der Waals surface area contributed by atoms with Crippen LogP contribution in [0.5, 0.6) is 11.5 Å². The Balaban J connectivity index is 1.35. The molecule has 3 aromatic rings. The van der Waals surface area contributed by atoms with Crippen molar-refractivity contribution in [2.75, 3.05) is 13.2 Å². The van der Waals surface area contributed by atoms with Gasteiger partial charge in [0.25, 0.3) is 0 Å². The van der Waals surface area contributed by atoms with Gasteiger partial charge in [0.05, 0.1) is 6.54 Å².